The molecule has 1 heterocycles. The van der Waals surface area contributed by atoms with E-state index in [0.29, 0.717) is 5.69 Å². The third-order valence-corrected chi connectivity index (χ3v) is 6.56. The second-order valence-electron chi connectivity index (χ2n) is 7.56. The molecule has 32 heavy (non-hydrogen) atoms. The first kappa shape index (κ1) is 21.5. The molecular weight excluding hydrogens is 422 g/mol. The largest absolute Gasteiger partial charge is 0.349 e. The van der Waals surface area contributed by atoms with Gasteiger partial charge in [-0.2, -0.15) is 0 Å². The van der Waals surface area contributed by atoms with Crippen LogP contribution < -0.4 is 10.0 Å². The zero-order valence-corrected chi connectivity index (χ0v) is 18.3. The number of benzene rings is 3. The summed E-state index contributed by atoms with van der Waals surface area (Å²) in [4.78, 5) is 16.5. The molecule has 0 radical (unpaired) electrons. The Morgan fingerprint density at radius 2 is 1.59 bits per heavy atom. The summed E-state index contributed by atoms with van der Waals surface area (Å²) < 4.78 is 28.2. The van der Waals surface area contributed by atoms with Gasteiger partial charge < -0.3 is 5.32 Å². The van der Waals surface area contributed by atoms with E-state index in [1.807, 2.05) is 43.3 Å². The van der Waals surface area contributed by atoms with E-state index in [2.05, 4.69) is 15.0 Å². The zero-order chi connectivity index (χ0) is 22.6. The summed E-state index contributed by atoms with van der Waals surface area (Å²) in [6, 6.07) is 23.0. The molecule has 1 aromatic heterocycles. The molecule has 2 N–H and O–H groups in total. The number of nitrogens with one attached hydrogen (secondary N) is 2. The molecule has 1 amide bonds. The van der Waals surface area contributed by atoms with E-state index in [1.54, 1.807) is 54.9 Å². The highest BCUT2D eigenvalue weighted by molar-refractivity contribution is 7.92. The van der Waals surface area contributed by atoms with Gasteiger partial charge in [-0.1, -0.05) is 42.5 Å². The lowest BCUT2D eigenvalue weighted by atomic mass is 10.1. The normalized spacial score (nSPS) is 12.3. The van der Waals surface area contributed by atoms with Crippen molar-refractivity contribution in [2.75, 3.05) is 4.72 Å². The molecule has 0 fully saturated rings. The molecule has 4 aromatic rings. The maximum absolute atomic E-state index is 12.8. The molecule has 7 heteroatoms. The summed E-state index contributed by atoms with van der Waals surface area (Å²) in [5.41, 5.74) is 2.21. The zero-order valence-electron chi connectivity index (χ0n) is 17.5. The standard InChI is InChI=1S/C25H23N3O3S/c1-18(20-12-14-26-15-13-20)27-25(29)16-19-6-9-23(10-7-19)28-32(30,31)24-11-8-21-4-2-3-5-22(21)17-24/h2-15,17-18,28H,16H2,1H3,(H,27,29). The number of pyridine rings is 1. The predicted octanol–water partition coefficient (Wildman–Crippen LogP) is 4.46. The van der Waals surface area contributed by atoms with Crippen molar-refractivity contribution in [3.63, 3.8) is 0 Å². The van der Waals surface area contributed by atoms with Gasteiger partial charge in [-0.05, 0) is 65.2 Å². The third-order valence-electron chi connectivity index (χ3n) is 5.19. The van der Waals surface area contributed by atoms with Gasteiger partial charge in [0, 0.05) is 18.1 Å². The summed E-state index contributed by atoms with van der Waals surface area (Å²) in [5.74, 6) is -0.112. The number of amides is 1. The van der Waals surface area contributed by atoms with Crippen LogP contribution in [0.25, 0.3) is 10.8 Å². The van der Waals surface area contributed by atoms with Gasteiger partial charge in [0.2, 0.25) is 5.91 Å². The van der Waals surface area contributed by atoms with Crippen LogP contribution in [0.3, 0.4) is 0 Å². The van der Waals surface area contributed by atoms with Gasteiger partial charge in [-0.3, -0.25) is 14.5 Å². The highest BCUT2D eigenvalue weighted by Crippen LogP contribution is 2.22. The fourth-order valence-electron chi connectivity index (χ4n) is 3.45. The maximum atomic E-state index is 12.8. The smallest absolute Gasteiger partial charge is 0.261 e. The number of carbonyl (C=O) groups is 1. The van der Waals surface area contributed by atoms with Gasteiger partial charge in [0.1, 0.15) is 0 Å². The molecule has 0 bridgehead atoms. The van der Waals surface area contributed by atoms with Gasteiger partial charge >= 0.3 is 0 Å². The fourth-order valence-corrected chi connectivity index (χ4v) is 4.55. The predicted molar refractivity (Wildman–Crippen MR) is 126 cm³/mol. The van der Waals surface area contributed by atoms with Crippen LogP contribution in [0.5, 0.6) is 0 Å². The van der Waals surface area contributed by atoms with Crippen molar-refractivity contribution in [1.29, 1.82) is 0 Å². The lowest BCUT2D eigenvalue weighted by molar-refractivity contribution is -0.121. The third kappa shape index (κ3) is 5.12. The minimum atomic E-state index is -3.72. The molecular formula is C25H23N3O3S. The van der Waals surface area contributed by atoms with E-state index in [-0.39, 0.29) is 23.3 Å². The molecule has 0 saturated heterocycles. The Balaban J connectivity index is 1.40. The van der Waals surface area contributed by atoms with Crippen LogP contribution in [0.1, 0.15) is 24.1 Å². The Hall–Kier alpha value is -3.71. The van der Waals surface area contributed by atoms with Gasteiger partial charge in [-0.15, -0.1) is 0 Å². The van der Waals surface area contributed by atoms with Crippen molar-refractivity contribution in [3.8, 4) is 0 Å². The van der Waals surface area contributed by atoms with Crippen molar-refractivity contribution in [2.45, 2.75) is 24.3 Å². The Morgan fingerprint density at radius 1 is 0.906 bits per heavy atom. The van der Waals surface area contributed by atoms with Crippen molar-refractivity contribution in [2.24, 2.45) is 0 Å². The molecule has 0 spiro atoms. The van der Waals surface area contributed by atoms with Crippen molar-refractivity contribution < 1.29 is 13.2 Å². The molecule has 6 nitrogen and oxygen atoms in total. The second-order valence-corrected chi connectivity index (χ2v) is 9.24. The van der Waals surface area contributed by atoms with Crippen LogP contribution in [0.4, 0.5) is 5.69 Å². The summed E-state index contributed by atoms with van der Waals surface area (Å²) in [5, 5.41) is 4.79. The summed E-state index contributed by atoms with van der Waals surface area (Å²) in [6.07, 6.45) is 3.58. The number of aromatic nitrogens is 1. The van der Waals surface area contributed by atoms with Crippen LogP contribution in [-0.2, 0) is 21.2 Å². The van der Waals surface area contributed by atoms with Gasteiger partial charge in [0.25, 0.3) is 10.0 Å². The maximum Gasteiger partial charge on any atom is 0.261 e. The lowest BCUT2D eigenvalue weighted by Gasteiger charge is -2.14. The van der Waals surface area contributed by atoms with Crippen LogP contribution >= 0.6 is 0 Å². The average molecular weight is 446 g/mol. The van der Waals surface area contributed by atoms with Crippen molar-refractivity contribution in [1.82, 2.24) is 10.3 Å². The molecule has 0 aliphatic rings. The summed E-state index contributed by atoms with van der Waals surface area (Å²) >= 11 is 0. The van der Waals surface area contributed by atoms with E-state index in [4.69, 9.17) is 0 Å². The molecule has 162 valence electrons. The first-order chi connectivity index (χ1) is 15.4. The van der Waals surface area contributed by atoms with E-state index in [1.165, 1.54) is 0 Å². The number of carbonyl (C=O) groups excluding carboxylic acids is 1. The number of rotatable bonds is 7. The summed E-state index contributed by atoms with van der Waals surface area (Å²) in [7, 11) is -3.72. The minimum Gasteiger partial charge on any atom is -0.349 e. The molecule has 0 saturated carbocycles. The van der Waals surface area contributed by atoms with Crippen LogP contribution in [0.2, 0.25) is 0 Å². The Morgan fingerprint density at radius 3 is 2.31 bits per heavy atom. The first-order valence-corrected chi connectivity index (χ1v) is 11.7. The number of sulfonamides is 1. The van der Waals surface area contributed by atoms with Gasteiger partial charge in [0.05, 0.1) is 17.4 Å². The van der Waals surface area contributed by atoms with Crippen molar-refractivity contribution in [3.05, 3.63) is 102 Å². The number of nitrogens with zero attached hydrogens (tertiary/aromatic N) is 1. The number of anilines is 1. The van der Waals surface area contributed by atoms with Crippen LogP contribution in [0.15, 0.2) is 96.2 Å². The van der Waals surface area contributed by atoms with Crippen molar-refractivity contribution >= 4 is 32.4 Å². The molecule has 3 aromatic carbocycles. The van der Waals surface area contributed by atoms with E-state index in [0.717, 1.165) is 21.9 Å². The molecule has 0 aliphatic heterocycles. The lowest BCUT2D eigenvalue weighted by Crippen LogP contribution is -2.28. The number of fused-ring (bicyclic) bond motifs is 1. The molecule has 0 aliphatic carbocycles. The first-order valence-electron chi connectivity index (χ1n) is 10.2. The minimum absolute atomic E-state index is 0.112. The van der Waals surface area contributed by atoms with E-state index < -0.39 is 10.0 Å². The quantitative estimate of drug-likeness (QED) is 0.440. The Kier molecular flexibility index (Phi) is 6.18. The Bertz CT molecular complexity index is 1340. The summed E-state index contributed by atoms with van der Waals surface area (Å²) in [6.45, 7) is 1.91. The van der Waals surface area contributed by atoms with Gasteiger partial charge in [0.15, 0.2) is 0 Å². The molecule has 1 unspecified atom stereocenters. The fraction of sp³-hybridized carbons (Fsp3) is 0.120. The Labute approximate surface area is 187 Å². The second kappa shape index (κ2) is 9.20. The van der Waals surface area contributed by atoms with E-state index >= 15 is 0 Å². The highest BCUT2D eigenvalue weighted by Gasteiger charge is 2.15. The SMILES string of the molecule is CC(NC(=O)Cc1ccc(NS(=O)(=O)c2ccc3ccccc3c2)cc1)c1ccncc1. The number of hydrogen-bond donors (Lipinski definition) is 2. The van der Waals surface area contributed by atoms with E-state index in [9.17, 15) is 13.2 Å². The van der Waals surface area contributed by atoms with Crippen LogP contribution in [-0.4, -0.2) is 19.3 Å². The van der Waals surface area contributed by atoms with Crippen LogP contribution in [0, 0.1) is 0 Å². The topological polar surface area (TPSA) is 88.2 Å². The monoisotopic (exact) mass is 445 g/mol. The average Bonchev–Trinajstić information content (AvgIpc) is 2.80. The number of hydrogen-bond acceptors (Lipinski definition) is 4. The highest BCUT2D eigenvalue weighted by atomic mass is 32.2. The molecule has 4 rings (SSSR count). The molecule has 1 atom stereocenters. The van der Waals surface area contributed by atoms with Gasteiger partial charge in [-0.25, -0.2) is 8.42 Å².